The molecule has 0 unspecified atom stereocenters. The molecule has 0 amide bonds. The Hall–Kier alpha value is -3.44. The van der Waals surface area contributed by atoms with Gasteiger partial charge in [0.25, 0.3) is 0 Å². The van der Waals surface area contributed by atoms with Gasteiger partial charge in [0, 0.05) is 44.5 Å². The minimum atomic E-state index is -0.479. The normalized spacial score (nSPS) is 26.3. The Bertz CT molecular complexity index is 1450. The van der Waals surface area contributed by atoms with Gasteiger partial charge in [-0.2, -0.15) is 0 Å². The highest BCUT2D eigenvalue weighted by Gasteiger charge is 2.63. The molecule has 0 aromatic heterocycles. The quantitative estimate of drug-likeness (QED) is 0.289. The lowest BCUT2D eigenvalue weighted by Gasteiger charge is -2.49. The van der Waals surface area contributed by atoms with Crippen LogP contribution in [0.25, 0.3) is 21.5 Å². The summed E-state index contributed by atoms with van der Waals surface area (Å²) in [5.41, 5.74) is 1.12. The van der Waals surface area contributed by atoms with Crippen LogP contribution in [0.15, 0.2) is 60.7 Å². The predicted octanol–water partition coefficient (Wildman–Crippen LogP) is 7.40. The number of hydrogen-bond donors (Lipinski definition) is 0. The highest BCUT2D eigenvalue weighted by atomic mass is 16.6. The van der Waals surface area contributed by atoms with Gasteiger partial charge in [-0.15, -0.1) is 0 Å². The summed E-state index contributed by atoms with van der Waals surface area (Å²) in [5.74, 6) is 3.57. The summed E-state index contributed by atoms with van der Waals surface area (Å²) in [4.78, 5) is 0. The van der Waals surface area contributed by atoms with Gasteiger partial charge < -0.3 is 23.7 Å². The van der Waals surface area contributed by atoms with Crippen molar-refractivity contribution in [3.8, 4) is 23.0 Å². The summed E-state index contributed by atoms with van der Waals surface area (Å²) in [6.07, 6.45) is -0.336. The summed E-state index contributed by atoms with van der Waals surface area (Å²) in [6, 6.07) is 20.7. The summed E-state index contributed by atoms with van der Waals surface area (Å²) in [7, 11) is 3.44. The van der Waals surface area contributed by atoms with Crippen LogP contribution in [0.5, 0.6) is 23.0 Å². The summed E-state index contributed by atoms with van der Waals surface area (Å²) >= 11 is 0. The van der Waals surface area contributed by atoms with E-state index in [1.165, 1.54) is 0 Å². The molecule has 0 bridgehead atoms. The summed E-state index contributed by atoms with van der Waals surface area (Å²) in [5, 5.41) is 4.17. The number of hydrogen-bond acceptors (Lipinski definition) is 5. The number of ether oxygens (including phenoxy) is 5. The van der Waals surface area contributed by atoms with Crippen molar-refractivity contribution < 1.29 is 23.7 Å². The Balaban J connectivity index is 1.47. The van der Waals surface area contributed by atoms with E-state index >= 15 is 0 Å². The Morgan fingerprint density at radius 3 is 1.35 bits per heavy atom. The van der Waals surface area contributed by atoms with Crippen LogP contribution in [0.3, 0.4) is 0 Å². The minimum Gasteiger partial charge on any atom is -0.496 e. The third-order valence-electron chi connectivity index (χ3n) is 8.69. The Kier molecular flexibility index (Phi) is 4.64. The molecule has 3 heterocycles. The lowest BCUT2D eigenvalue weighted by molar-refractivity contribution is -0.0676. The fourth-order valence-electron chi connectivity index (χ4n) is 7.15. The third-order valence-corrected chi connectivity index (χ3v) is 8.69. The molecule has 4 aromatic carbocycles. The zero-order valence-electron chi connectivity index (χ0n) is 22.1. The molecule has 37 heavy (non-hydrogen) atoms. The zero-order valence-corrected chi connectivity index (χ0v) is 22.1. The van der Waals surface area contributed by atoms with E-state index in [2.05, 4.69) is 64.1 Å². The number of rotatable bonds is 2. The van der Waals surface area contributed by atoms with E-state index in [-0.39, 0.29) is 24.0 Å². The maximum absolute atomic E-state index is 7.12. The smallest absolute Gasteiger partial charge is 0.134 e. The molecular weight excluding hydrogens is 464 g/mol. The molecule has 5 nitrogen and oxygen atoms in total. The molecule has 0 radical (unpaired) electrons. The van der Waals surface area contributed by atoms with Crippen molar-refractivity contribution in [1.82, 2.24) is 0 Å². The van der Waals surface area contributed by atoms with E-state index in [0.29, 0.717) is 0 Å². The first-order valence-corrected chi connectivity index (χ1v) is 13.0. The average Bonchev–Trinajstić information content (AvgIpc) is 3.32. The first-order valence-electron chi connectivity index (χ1n) is 13.0. The molecule has 0 aliphatic carbocycles. The number of fused-ring (bicyclic) bond motifs is 11. The SMILES string of the molecule is COc1cc2c(c3ccccc13)OC(C)(C)[C@@H]1[C@@H]3[C@H](O[C@H]21)c1cc(OC)c2ccccc2c1OC3(C)C. The van der Waals surface area contributed by atoms with Gasteiger partial charge in [0.15, 0.2) is 0 Å². The minimum absolute atomic E-state index is 0.0662. The monoisotopic (exact) mass is 496 g/mol. The van der Waals surface area contributed by atoms with E-state index in [1.54, 1.807) is 14.2 Å². The largest absolute Gasteiger partial charge is 0.496 e. The molecule has 7 rings (SSSR count). The number of methoxy groups -OCH3 is 2. The summed E-state index contributed by atoms with van der Waals surface area (Å²) in [6.45, 7) is 8.74. The molecule has 0 spiro atoms. The lowest BCUT2D eigenvalue weighted by atomic mass is 9.65. The van der Waals surface area contributed by atoms with Crippen molar-refractivity contribution in [2.24, 2.45) is 11.8 Å². The van der Waals surface area contributed by atoms with Crippen molar-refractivity contribution in [2.75, 3.05) is 14.2 Å². The first kappa shape index (κ1) is 22.7. The van der Waals surface area contributed by atoms with E-state index < -0.39 is 11.2 Å². The first-order chi connectivity index (χ1) is 17.7. The van der Waals surface area contributed by atoms with Crippen LogP contribution in [0.2, 0.25) is 0 Å². The average molecular weight is 497 g/mol. The van der Waals surface area contributed by atoms with E-state index in [4.69, 9.17) is 23.7 Å². The zero-order chi connectivity index (χ0) is 25.7. The second-order valence-electron chi connectivity index (χ2n) is 11.5. The fraction of sp³-hybridized carbons (Fsp3) is 0.375. The van der Waals surface area contributed by atoms with Gasteiger partial charge in [-0.3, -0.25) is 0 Å². The Morgan fingerprint density at radius 1 is 0.595 bits per heavy atom. The van der Waals surface area contributed by atoms with Crippen molar-refractivity contribution >= 4 is 21.5 Å². The molecule has 3 aliphatic heterocycles. The highest BCUT2D eigenvalue weighted by molar-refractivity contribution is 5.96. The Labute approximate surface area is 217 Å². The molecule has 4 aromatic rings. The van der Waals surface area contributed by atoms with Crippen LogP contribution in [0.1, 0.15) is 51.0 Å². The van der Waals surface area contributed by atoms with Gasteiger partial charge in [0.05, 0.1) is 26.4 Å². The molecular formula is C32H32O5. The van der Waals surface area contributed by atoms with Gasteiger partial charge >= 0.3 is 0 Å². The second-order valence-corrected chi connectivity index (χ2v) is 11.5. The van der Waals surface area contributed by atoms with Crippen LogP contribution in [0.4, 0.5) is 0 Å². The molecule has 3 aliphatic rings. The predicted molar refractivity (Wildman–Crippen MR) is 144 cm³/mol. The molecule has 1 fully saturated rings. The van der Waals surface area contributed by atoms with Crippen LogP contribution in [-0.4, -0.2) is 25.4 Å². The highest BCUT2D eigenvalue weighted by Crippen LogP contribution is 2.66. The number of benzene rings is 4. The van der Waals surface area contributed by atoms with Crippen LogP contribution in [0, 0.1) is 11.8 Å². The van der Waals surface area contributed by atoms with E-state index in [0.717, 1.165) is 55.7 Å². The van der Waals surface area contributed by atoms with Gasteiger partial charge in [-0.25, -0.2) is 0 Å². The lowest BCUT2D eigenvalue weighted by Crippen LogP contribution is -2.53. The molecule has 0 N–H and O–H groups in total. The Morgan fingerprint density at radius 2 is 0.973 bits per heavy atom. The van der Waals surface area contributed by atoms with Crippen molar-refractivity contribution in [3.05, 3.63) is 71.8 Å². The van der Waals surface area contributed by atoms with Crippen LogP contribution >= 0.6 is 0 Å². The second kappa shape index (κ2) is 7.55. The topological polar surface area (TPSA) is 46.2 Å². The molecule has 190 valence electrons. The molecule has 4 atom stereocenters. The maximum Gasteiger partial charge on any atom is 0.134 e. The third kappa shape index (κ3) is 3.01. The molecule has 0 saturated carbocycles. The van der Waals surface area contributed by atoms with Gasteiger partial charge in [0.1, 0.15) is 34.2 Å². The van der Waals surface area contributed by atoms with Crippen molar-refractivity contribution in [1.29, 1.82) is 0 Å². The van der Waals surface area contributed by atoms with E-state index in [9.17, 15) is 0 Å². The molecule has 5 heteroatoms. The van der Waals surface area contributed by atoms with Gasteiger partial charge in [-0.05, 0) is 39.8 Å². The van der Waals surface area contributed by atoms with Crippen molar-refractivity contribution in [3.63, 3.8) is 0 Å². The summed E-state index contributed by atoms with van der Waals surface area (Å²) < 4.78 is 32.5. The van der Waals surface area contributed by atoms with E-state index in [1.807, 2.05) is 24.3 Å². The van der Waals surface area contributed by atoms with Gasteiger partial charge in [-0.1, -0.05) is 48.5 Å². The maximum atomic E-state index is 7.12. The van der Waals surface area contributed by atoms with Crippen LogP contribution in [-0.2, 0) is 4.74 Å². The molecule has 1 saturated heterocycles. The van der Waals surface area contributed by atoms with Gasteiger partial charge in [0.2, 0.25) is 0 Å². The van der Waals surface area contributed by atoms with Crippen molar-refractivity contribution in [2.45, 2.75) is 51.1 Å². The fourth-order valence-corrected chi connectivity index (χ4v) is 7.15. The van der Waals surface area contributed by atoms with Crippen LogP contribution < -0.4 is 18.9 Å². The standard InChI is InChI=1S/C32H32O5/c1-31(2)25-26-30(22-16-24(34-6)18-12-8-10-14-20(18)28(22)37-32(26,3)4)35-29(25)21-15-23(33-5)17-11-7-9-13-19(17)27(21)36-31/h7-16,25-26,29-30H,1-6H3/t25-,26-,29-,30-/m1/s1.